The van der Waals surface area contributed by atoms with Crippen LogP contribution < -0.4 is 15.4 Å². The minimum atomic E-state index is -0.203. The van der Waals surface area contributed by atoms with Gasteiger partial charge >= 0.3 is 6.03 Å². The zero-order chi connectivity index (χ0) is 16.5. The van der Waals surface area contributed by atoms with Crippen molar-refractivity contribution in [3.8, 4) is 5.75 Å². The Morgan fingerprint density at radius 1 is 1.48 bits per heavy atom. The maximum Gasteiger partial charge on any atom is 0.319 e. The van der Waals surface area contributed by atoms with E-state index in [9.17, 15) is 4.79 Å². The summed E-state index contributed by atoms with van der Waals surface area (Å²) in [7, 11) is 2.02. The van der Waals surface area contributed by atoms with Crippen molar-refractivity contribution in [3.63, 3.8) is 0 Å². The molecule has 0 radical (unpaired) electrons. The molecule has 1 aliphatic heterocycles. The maximum atomic E-state index is 11.9. The molecule has 0 aromatic heterocycles. The van der Waals surface area contributed by atoms with Gasteiger partial charge in [0.1, 0.15) is 12.4 Å². The summed E-state index contributed by atoms with van der Waals surface area (Å²) in [4.78, 5) is 14.0. The minimum absolute atomic E-state index is 0.186. The van der Waals surface area contributed by atoms with Gasteiger partial charge in [0.2, 0.25) is 0 Å². The second-order valence-electron chi connectivity index (χ2n) is 5.75. The van der Waals surface area contributed by atoms with Crippen LogP contribution in [0.15, 0.2) is 24.3 Å². The Morgan fingerprint density at radius 3 is 3.09 bits per heavy atom. The zero-order valence-corrected chi connectivity index (χ0v) is 14.0. The average molecular weight is 321 g/mol. The van der Waals surface area contributed by atoms with Crippen molar-refractivity contribution in [1.29, 1.82) is 0 Å². The maximum absolute atomic E-state index is 11.9. The summed E-state index contributed by atoms with van der Waals surface area (Å²) in [6.07, 6.45) is 2.33. The van der Waals surface area contributed by atoms with Crippen molar-refractivity contribution in [2.75, 3.05) is 45.2 Å². The fourth-order valence-corrected chi connectivity index (χ4v) is 2.32. The molecule has 6 nitrogen and oxygen atoms in total. The number of rotatable bonds is 8. The second-order valence-corrected chi connectivity index (χ2v) is 5.75. The Hall–Kier alpha value is -1.79. The highest BCUT2D eigenvalue weighted by atomic mass is 16.5. The number of urea groups is 1. The smallest absolute Gasteiger partial charge is 0.319 e. The first-order valence-corrected chi connectivity index (χ1v) is 8.25. The SMILES string of the molecule is CCN(C)CCNC(=O)Nc1cccc(OC[C@H]2CCCO2)c1. The van der Waals surface area contributed by atoms with Gasteiger partial charge in [-0.1, -0.05) is 13.0 Å². The van der Waals surface area contributed by atoms with Gasteiger partial charge in [-0.15, -0.1) is 0 Å². The van der Waals surface area contributed by atoms with Crippen LogP contribution in [-0.4, -0.2) is 56.9 Å². The quantitative estimate of drug-likeness (QED) is 0.771. The van der Waals surface area contributed by atoms with E-state index < -0.39 is 0 Å². The molecule has 1 aromatic rings. The van der Waals surface area contributed by atoms with Crippen LogP contribution in [0.25, 0.3) is 0 Å². The number of nitrogens with zero attached hydrogens (tertiary/aromatic N) is 1. The van der Waals surface area contributed by atoms with Crippen LogP contribution in [0.3, 0.4) is 0 Å². The largest absolute Gasteiger partial charge is 0.491 e. The lowest BCUT2D eigenvalue weighted by atomic mass is 10.2. The number of ether oxygens (including phenoxy) is 2. The number of amides is 2. The number of nitrogens with one attached hydrogen (secondary N) is 2. The molecule has 1 saturated heterocycles. The van der Waals surface area contributed by atoms with Crippen molar-refractivity contribution in [2.24, 2.45) is 0 Å². The van der Waals surface area contributed by atoms with Crippen LogP contribution in [0, 0.1) is 0 Å². The van der Waals surface area contributed by atoms with E-state index in [1.165, 1.54) is 0 Å². The molecule has 1 heterocycles. The molecule has 1 fully saturated rings. The first kappa shape index (κ1) is 17.6. The normalized spacial score (nSPS) is 17.3. The van der Waals surface area contributed by atoms with Crippen LogP contribution in [0.2, 0.25) is 0 Å². The van der Waals surface area contributed by atoms with Crippen LogP contribution in [0.1, 0.15) is 19.8 Å². The first-order chi connectivity index (χ1) is 11.2. The third-order valence-electron chi connectivity index (χ3n) is 3.87. The molecule has 2 rings (SSSR count). The third kappa shape index (κ3) is 6.46. The second kappa shape index (κ2) is 9.37. The van der Waals surface area contributed by atoms with Crippen molar-refractivity contribution in [1.82, 2.24) is 10.2 Å². The number of benzene rings is 1. The molecule has 1 aromatic carbocycles. The Labute approximate surface area is 138 Å². The predicted molar refractivity (Wildman–Crippen MR) is 91.1 cm³/mol. The standard InChI is InChI=1S/C17H27N3O3/c1-3-20(2)10-9-18-17(21)19-14-6-4-7-15(12-14)23-13-16-8-5-11-22-16/h4,6-7,12,16H,3,5,8-11,13H2,1-2H3,(H2,18,19,21)/t16-/m1/s1. The molecule has 2 amide bonds. The first-order valence-electron chi connectivity index (χ1n) is 8.25. The van der Waals surface area contributed by atoms with E-state index in [4.69, 9.17) is 9.47 Å². The lowest BCUT2D eigenvalue weighted by Gasteiger charge is -2.15. The molecular formula is C17H27N3O3. The van der Waals surface area contributed by atoms with Gasteiger partial charge in [0.15, 0.2) is 0 Å². The summed E-state index contributed by atoms with van der Waals surface area (Å²) >= 11 is 0. The van der Waals surface area contributed by atoms with Crippen LogP contribution in [0.4, 0.5) is 10.5 Å². The van der Waals surface area contributed by atoms with Crippen molar-refractivity contribution in [3.05, 3.63) is 24.3 Å². The molecule has 2 N–H and O–H groups in total. The van der Waals surface area contributed by atoms with E-state index in [-0.39, 0.29) is 12.1 Å². The molecule has 0 bridgehead atoms. The minimum Gasteiger partial charge on any atom is -0.491 e. The fourth-order valence-electron chi connectivity index (χ4n) is 2.32. The van der Waals surface area contributed by atoms with E-state index in [1.54, 1.807) is 0 Å². The zero-order valence-electron chi connectivity index (χ0n) is 14.0. The summed E-state index contributed by atoms with van der Waals surface area (Å²) in [6, 6.07) is 7.22. The number of carbonyl (C=O) groups excluding carboxylic acids is 1. The molecule has 0 saturated carbocycles. The van der Waals surface area contributed by atoms with Gasteiger partial charge < -0.3 is 25.0 Å². The van der Waals surface area contributed by atoms with Crippen molar-refractivity contribution < 1.29 is 14.3 Å². The summed E-state index contributed by atoms with van der Waals surface area (Å²) in [5, 5.41) is 5.66. The van der Waals surface area contributed by atoms with Crippen molar-refractivity contribution >= 4 is 11.7 Å². The summed E-state index contributed by atoms with van der Waals surface area (Å²) in [6.45, 7) is 5.87. The van der Waals surface area contributed by atoms with Crippen LogP contribution in [0.5, 0.6) is 5.75 Å². The summed E-state index contributed by atoms with van der Waals surface area (Å²) in [5.74, 6) is 0.740. The highest BCUT2D eigenvalue weighted by Crippen LogP contribution is 2.19. The lowest BCUT2D eigenvalue weighted by molar-refractivity contribution is 0.0680. The number of carbonyl (C=O) groups is 1. The van der Waals surface area contributed by atoms with Gasteiger partial charge in [0.05, 0.1) is 6.10 Å². The predicted octanol–water partition coefficient (Wildman–Crippen LogP) is 2.32. The van der Waals surface area contributed by atoms with Gasteiger partial charge in [-0.25, -0.2) is 4.79 Å². The topological polar surface area (TPSA) is 62.8 Å². The Bertz CT molecular complexity index is 490. The van der Waals surface area contributed by atoms with E-state index >= 15 is 0 Å². The molecule has 6 heteroatoms. The van der Waals surface area contributed by atoms with Gasteiger partial charge in [-0.2, -0.15) is 0 Å². The average Bonchev–Trinajstić information content (AvgIpc) is 3.06. The Morgan fingerprint density at radius 2 is 2.35 bits per heavy atom. The molecule has 0 aliphatic carbocycles. The molecule has 1 aliphatic rings. The van der Waals surface area contributed by atoms with E-state index in [2.05, 4.69) is 22.5 Å². The summed E-state index contributed by atoms with van der Waals surface area (Å²) in [5.41, 5.74) is 0.719. The van der Waals surface area contributed by atoms with E-state index in [1.807, 2.05) is 31.3 Å². The number of hydrogen-bond donors (Lipinski definition) is 2. The Balaban J connectivity index is 1.73. The molecule has 0 spiro atoms. The summed E-state index contributed by atoms with van der Waals surface area (Å²) < 4.78 is 11.3. The van der Waals surface area contributed by atoms with Crippen molar-refractivity contribution in [2.45, 2.75) is 25.9 Å². The highest BCUT2D eigenvalue weighted by Gasteiger charge is 2.16. The Kier molecular flexibility index (Phi) is 7.16. The van der Waals surface area contributed by atoms with E-state index in [0.29, 0.717) is 13.2 Å². The number of likely N-dealkylation sites (N-methyl/N-ethyl adjacent to an activating group) is 1. The highest BCUT2D eigenvalue weighted by molar-refractivity contribution is 5.89. The fraction of sp³-hybridized carbons (Fsp3) is 0.588. The molecule has 23 heavy (non-hydrogen) atoms. The van der Waals surface area contributed by atoms with Crippen LogP contribution in [-0.2, 0) is 4.74 Å². The molecular weight excluding hydrogens is 294 g/mol. The van der Waals surface area contributed by atoms with Gasteiger partial charge in [0, 0.05) is 31.5 Å². The van der Waals surface area contributed by atoms with E-state index in [0.717, 1.165) is 44.0 Å². The molecule has 0 unspecified atom stereocenters. The monoisotopic (exact) mass is 321 g/mol. The number of hydrogen-bond acceptors (Lipinski definition) is 4. The molecule has 128 valence electrons. The van der Waals surface area contributed by atoms with Gasteiger partial charge in [-0.05, 0) is 38.6 Å². The lowest BCUT2D eigenvalue weighted by Crippen LogP contribution is -2.35. The van der Waals surface area contributed by atoms with Crippen LogP contribution >= 0.6 is 0 Å². The van der Waals surface area contributed by atoms with Gasteiger partial charge in [-0.3, -0.25) is 0 Å². The third-order valence-corrected chi connectivity index (χ3v) is 3.87. The van der Waals surface area contributed by atoms with Gasteiger partial charge in [0.25, 0.3) is 0 Å². The molecule has 1 atom stereocenters. The number of anilines is 1.